The zero-order chi connectivity index (χ0) is 14.6. The number of benzene rings is 1. The van der Waals surface area contributed by atoms with E-state index in [1.807, 2.05) is 6.92 Å². The molecule has 0 aliphatic heterocycles. The number of rotatable bonds is 6. The summed E-state index contributed by atoms with van der Waals surface area (Å²) in [5, 5.41) is 5.22. The highest BCUT2D eigenvalue weighted by Gasteiger charge is 2.45. The summed E-state index contributed by atoms with van der Waals surface area (Å²) < 4.78 is 5.31. The SMILES string of the molecule is CCOc1ccc(NC(=O)CNC(=O)C2(N)CC2)cc1. The highest BCUT2D eigenvalue weighted by molar-refractivity contribution is 5.97. The van der Waals surface area contributed by atoms with E-state index >= 15 is 0 Å². The van der Waals surface area contributed by atoms with Gasteiger partial charge in [-0.15, -0.1) is 0 Å². The molecule has 20 heavy (non-hydrogen) atoms. The summed E-state index contributed by atoms with van der Waals surface area (Å²) in [6, 6.07) is 7.04. The van der Waals surface area contributed by atoms with E-state index in [-0.39, 0.29) is 18.4 Å². The van der Waals surface area contributed by atoms with Gasteiger partial charge in [0.2, 0.25) is 11.8 Å². The first-order chi connectivity index (χ1) is 9.53. The lowest BCUT2D eigenvalue weighted by Gasteiger charge is -2.10. The number of ether oxygens (including phenoxy) is 1. The molecule has 6 nitrogen and oxygen atoms in total. The topological polar surface area (TPSA) is 93.5 Å². The Morgan fingerprint density at radius 3 is 2.50 bits per heavy atom. The number of amides is 2. The maximum absolute atomic E-state index is 11.7. The molecular formula is C14H19N3O3. The minimum absolute atomic E-state index is 0.0784. The van der Waals surface area contributed by atoms with Gasteiger partial charge >= 0.3 is 0 Å². The van der Waals surface area contributed by atoms with Crippen LogP contribution in [0.3, 0.4) is 0 Å². The minimum Gasteiger partial charge on any atom is -0.494 e. The highest BCUT2D eigenvalue weighted by atomic mass is 16.5. The van der Waals surface area contributed by atoms with E-state index in [4.69, 9.17) is 10.5 Å². The fourth-order valence-corrected chi connectivity index (χ4v) is 1.70. The summed E-state index contributed by atoms with van der Waals surface area (Å²) in [6.45, 7) is 2.42. The number of hydrogen-bond acceptors (Lipinski definition) is 4. The van der Waals surface area contributed by atoms with Crippen molar-refractivity contribution in [1.82, 2.24) is 5.32 Å². The van der Waals surface area contributed by atoms with Crippen molar-refractivity contribution in [3.63, 3.8) is 0 Å². The highest BCUT2D eigenvalue weighted by Crippen LogP contribution is 2.31. The number of nitrogens with one attached hydrogen (secondary N) is 2. The third kappa shape index (κ3) is 3.71. The molecular weight excluding hydrogens is 258 g/mol. The minimum atomic E-state index is -0.751. The lowest BCUT2D eigenvalue weighted by molar-refractivity contribution is -0.125. The molecule has 0 radical (unpaired) electrons. The van der Waals surface area contributed by atoms with Crippen molar-refractivity contribution >= 4 is 17.5 Å². The standard InChI is InChI=1S/C14H19N3O3/c1-2-20-11-5-3-10(4-6-11)17-12(18)9-16-13(19)14(15)7-8-14/h3-6H,2,7-9,15H2,1H3,(H,16,19)(H,17,18). The van der Waals surface area contributed by atoms with Gasteiger partial charge in [0.15, 0.2) is 0 Å². The van der Waals surface area contributed by atoms with Gasteiger partial charge in [0.05, 0.1) is 18.7 Å². The largest absolute Gasteiger partial charge is 0.494 e. The number of carbonyl (C=O) groups excluding carboxylic acids is 2. The summed E-state index contributed by atoms with van der Waals surface area (Å²) in [4.78, 5) is 23.2. The average Bonchev–Trinajstić information content (AvgIpc) is 3.18. The van der Waals surface area contributed by atoms with Crippen LogP contribution in [0.2, 0.25) is 0 Å². The van der Waals surface area contributed by atoms with E-state index in [0.29, 0.717) is 25.1 Å². The zero-order valence-electron chi connectivity index (χ0n) is 11.4. The Morgan fingerprint density at radius 2 is 1.95 bits per heavy atom. The molecule has 1 aromatic rings. The lowest BCUT2D eigenvalue weighted by atomic mass is 10.2. The van der Waals surface area contributed by atoms with Crippen molar-refractivity contribution in [2.75, 3.05) is 18.5 Å². The second kappa shape index (κ2) is 5.92. The van der Waals surface area contributed by atoms with Crippen LogP contribution in [-0.2, 0) is 9.59 Å². The van der Waals surface area contributed by atoms with Crippen molar-refractivity contribution < 1.29 is 14.3 Å². The third-order valence-electron chi connectivity index (χ3n) is 3.10. The molecule has 1 aliphatic rings. The second-order valence-electron chi connectivity index (χ2n) is 4.84. The molecule has 0 spiro atoms. The van der Waals surface area contributed by atoms with Crippen molar-refractivity contribution in [3.05, 3.63) is 24.3 Å². The van der Waals surface area contributed by atoms with Crippen LogP contribution >= 0.6 is 0 Å². The molecule has 1 aliphatic carbocycles. The van der Waals surface area contributed by atoms with Crippen LogP contribution in [-0.4, -0.2) is 30.5 Å². The van der Waals surface area contributed by atoms with Crippen LogP contribution in [0.5, 0.6) is 5.75 Å². The fourth-order valence-electron chi connectivity index (χ4n) is 1.70. The average molecular weight is 277 g/mol. The normalized spacial score (nSPS) is 15.3. The molecule has 6 heteroatoms. The van der Waals surface area contributed by atoms with E-state index in [9.17, 15) is 9.59 Å². The van der Waals surface area contributed by atoms with Crippen LogP contribution in [0.1, 0.15) is 19.8 Å². The molecule has 0 unspecified atom stereocenters. The van der Waals surface area contributed by atoms with Gasteiger partial charge in [-0.1, -0.05) is 0 Å². The summed E-state index contributed by atoms with van der Waals surface area (Å²) >= 11 is 0. The quantitative estimate of drug-likeness (QED) is 0.711. The first-order valence-electron chi connectivity index (χ1n) is 6.63. The Morgan fingerprint density at radius 1 is 1.30 bits per heavy atom. The monoisotopic (exact) mass is 277 g/mol. The van der Waals surface area contributed by atoms with Crippen molar-refractivity contribution in [1.29, 1.82) is 0 Å². The molecule has 2 rings (SSSR count). The number of carbonyl (C=O) groups is 2. The number of nitrogens with two attached hydrogens (primary N) is 1. The van der Waals surface area contributed by atoms with Gasteiger partial charge in [-0.25, -0.2) is 0 Å². The molecule has 4 N–H and O–H groups in total. The first-order valence-corrected chi connectivity index (χ1v) is 6.63. The molecule has 1 saturated carbocycles. The third-order valence-corrected chi connectivity index (χ3v) is 3.10. The van der Waals surface area contributed by atoms with Crippen molar-refractivity contribution in [2.45, 2.75) is 25.3 Å². The van der Waals surface area contributed by atoms with Crippen LogP contribution in [0.4, 0.5) is 5.69 Å². The fraction of sp³-hybridized carbons (Fsp3) is 0.429. The van der Waals surface area contributed by atoms with Gasteiger partial charge < -0.3 is 21.1 Å². The summed E-state index contributed by atoms with van der Waals surface area (Å²) in [5.41, 5.74) is 5.62. The molecule has 0 bridgehead atoms. The van der Waals surface area contributed by atoms with Gasteiger partial charge in [0, 0.05) is 5.69 Å². The van der Waals surface area contributed by atoms with Gasteiger partial charge in [-0.2, -0.15) is 0 Å². The smallest absolute Gasteiger partial charge is 0.243 e. The molecule has 1 fully saturated rings. The van der Waals surface area contributed by atoms with Crippen molar-refractivity contribution in [2.24, 2.45) is 5.73 Å². The van der Waals surface area contributed by atoms with Crippen molar-refractivity contribution in [3.8, 4) is 5.75 Å². The lowest BCUT2D eigenvalue weighted by Crippen LogP contribution is -2.45. The van der Waals surface area contributed by atoms with E-state index in [1.54, 1.807) is 24.3 Å². The molecule has 0 aromatic heterocycles. The van der Waals surface area contributed by atoms with E-state index in [2.05, 4.69) is 10.6 Å². The molecule has 0 atom stereocenters. The molecule has 1 aromatic carbocycles. The molecule has 2 amide bonds. The van der Waals surface area contributed by atoms with Crippen LogP contribution in [0.25, 0.3) is 0 Å². The Labute approximate surface area is 117 Å². The number of anilines is 1. The van der Waals surface area contributed by atoms with Gasteiger partial charge in [0.25, 0.3) is 0 Å². The Balaban J connectivity index is 1.77. The summed E-state index contributed by atoms with van der Waals surface area (Å²) in [7, 11) is 0. The summed E-state index contributed by atoms with van der Waals surface area (Å²) in [6.07, 6.45) is 1.36. The zero-order valence-corrected chi connectivity index (χ0v) is 11.4. The van der Waals surface area contributed by atoms with Crippen LogP contribution in [0.15, 0.2) is 24.3 Å². The van der Waals surface area contributed by atoms with Crippen LogP contribution < -0.4 is 21.1 Å². The second-order valence-corrected chi connectivity index (χ2v) is 4.84. The number of hydrogen-bond donors (Lipinski definition) is 3. The Hall–Kier alpha value is -2.08. The summed E-state index contributed by atoms with van der Waals surface area (Å²) in [5.74, 6) is 0.198. The predicted molar refractivity (Wildman–Crippen MR) is 75.4 cm³/mol. The van der Waals surface area contributed by atoms with Gasteiger partial charge in [-0.3, -0.25) is 9.59 Å². The van der Waals surface area contributed by atoms with Crippen LogP contribution in [0, 0.1) is 0 Å². The molecule has 0 heterocycles. The Bertz CT molecular complexity index is 495. The molecule has 108 valence electrons. The first kappa shape index (κ1) is 14.3. The molecule has 0 saturated heterocycles. The van der Waals surface area contributed by atoms with Gasteiger partial charge in [0.1, 0.15) is 5.75 Å². The predicted octanol–water partition coefficient (Wildman–Crippen LogP) is 0.631. The van der Waals surface area contributed by atoms with E-state index < -0.39 is 5.54 Å². The maximum atomic E-state index is 11.7. The van der Waals surface area contributed by atoms with E-state index in [0.717, 1.165) is 5.75 Å². The van der Waals surface area contributed by atoms with Gasteiger partial charge in [-0.05, 0) is 44.0 Å². The van der Waals surface area contributed by atoms with E-state index in [1.165, 1.54) is 0 Å². The maximum Gasteiger partial charge on any atom is 0.243 e. The Kier molecular flexibility index (Phi) is 4.24.